The van der Waals surface area contributed by atoms with Crippen LogP contribution < -0.4 is 5.32 Å². The number of hydrogen-bond donors (Lipinski definition) is 2. The molecule has 2 N–H and O–H groups in total. The quantitative estimate of drug-likeness (QED) is 0.418. The third-order valence-corrected chi connectivity index (χ3v) is 4.60. The summed E-state index contributed by atoms with van der Waals surface area (Å²) < 4.78 is 10.3. The molecule has 0 spiro atoms. The van der Waals surface area contributed by atoms with E-state index >= 15 is 0 Å². The number of hydrogen-bond acceptors (Lipinski definition) is 8. The lowest BCUT2D eigenvalue weighted by Gasteiger charge is -2.08. The van der Waals surface area contributed by atoms with Crippen molar-refractivity contribution in [2.24, 2.45) is 0 Å². The van der Waals surface area contributed by atoms with Gasteiger partial charge in [0.25, 0.3) is 5.91 Å². The highest BCUT2D eigenvalue weighted by molar-refractivity contribution is 7.99. The predicted molar refractivity (Wildman–Crippen MR) is 106 cm³/mol. The topological polar surface area (TPSA) is 134 Å². The van der Waals surface area contributed by atoms with E-state index in [1.807, 2.05) is 6.07 Å². The molecular formula is C19H20N4O5S. The van der Waals surface area contributed by atoms with Gasteiger partial charge in [-0.1, -0.05) is 0 Å². The molecule has 29 heavy (non-hydrogen) atoms. The van der Waals surface area contributed by atoms with Crippen LogP contribution in [0.25, 0.3) is 0 Å². The minimum Gasteiger partial charge on any atom is -0.478 e. The lowest BCUT2D eigenvalue weighted by Crippen LogP contribution is -2.16. The second kappa shape index (κ2) is 11.8. The number of nitriles is 1. The summed E-state index contributed by atoms with van der Waals surface area (Å²) in [6.07, 6.45) is 3.66. The van der Waals surface area contributed by atoms with Crippen molar-refractivity contribution in [2.75, 3.05) is 38.0 Å². The molecule has 1 aromatic heterocycles. The average Bonchev–Trinajstić information content (AvgIpc) is 2.73. The third kappa shape index (κ3) is 7.15. The van der Waals surface area contributed by atoms with Crippen LogP contribution in [0.3, 0.4) is 0 Å². The minimum absolute atomic E-state index is 0.0537. The molecule has 2 rings (SSSR count). The molecule has 0 aliphatic heterocycles. The monoisotopic (exact) mass is 416 g/mol. The summed E-state index contributed by atoms with van der Waals surface area (Å²) >= 11 is 1.49. The van der Waals surface area contributed by atoms with Gasteiger partial charge in [0.15, 0.2) is 0 Å². The summed E-state index contributed by atoms with van der Waals surface area (Å²) in [5, 5.41) is 21.3. The van der Waals surface area contributed by atoms with Gasteiger partial charge in [-0.25, -0.2) is 14.8 Å². The van der Waals surface area contributed by atoms with Crippen LogP contribution in [0.1, 0.15) is 32.8 Å². The molecule has 0 saturated heterocycles. The van der Waals surface area contributed by atoms with Crippen LogP contribution in [0, 0.1) is 11.3 Å². The van der Waals surface area contributed by atoms with Gasteiger partial charge in [-0.3, -0.25) is 4.79 Å². The summed E-state index contributed by atoms with van der Waals surface area (Å²) in [7, 11) is 1.62. The lowest BCUT2D eigenvalue weighted by atomic mass is 10.1. The van der Waals surface area contributed by atoms with E-state index in [9.17, 15) is 14.7 Å². The molecular weight excluding hydrogens is 396 g/mol. The van der Waals surface area contributed by atoms with E-state index in [2.05, 4.69) is 15.3 Å². The SMILES string of the molecule is COCCOCCCSc1cnc(C(=O)Nc2ccc(C#N)cc2C(=O)O)cn1. The molecule has 0 aliphatic rings. The number of carbonyl (C=O) groups is 2. The van der Waals surface area contributed by atoms with E-state index in [4.69, 9.17) is 14.7 Å². The van der Waals surface area contributed by atoms with Crippen molar-refractivity contribution in [1.29, 1.82) is 5.26 Å². The van der Waals surface area contributed by atoms with Crippen LogP contribution in [-0.2, 0) is 9.47 Å². The predicted octanol–water partition coefficient (Wildman–Crippen LogP) is 2.44. The van der Waals surface area contributed by atoms with Gasteiger partial charge >= 0.3 is 5.97 Å². The zero-order valence-corrected chi connectivity index (χ0v) is 16.6. The van der Waals surface area contributed by atoms with Crippen molar-refractivity contribution in [1.82, 2.24) is 9.97 Å². The first-order chi connectivity index (χ1) is 14.0. The van der Waals surface area contributed by atoms with Gasteiger partial charge in [0, 0.05) is 19.5 Å². The summed E-state index contributed by atoms with van der Waals surface area (Å²) in [5.74, 6) is -1.05. The molecule has 0 unspecified atom stereocenters. The summed E-state index contributed by atoms with van der Waals surface area (Å²) in [6.45, 7) is 1.76. The van der Waals surface area contributed by atoms with Gasteiger partial charge in [-0.05, 0) is 24.6 Å². The van der Waals surface area contributed by atoms with Crippen molar-refractivity contribution in [3.63, 3.8) is 0 Å². The molecule has 152 valence electrons. The number of nitrogens with zero attached hydrogens (tertiary/aromatic N) is 3. The summed E-state index contributed by atoms with van der Waals surface area (Å²) in [6, 6.07) is 5.85. The molecule has 0 radical (unpaired) electrons. The highest BCUT2D eigenvalue weighted by Crippen LogP contribution is 2.19. The number of amides is 1. The van der Waals surface area contributed by atoms with Crippen molar-refractivity contribution >= 4 is 29.3 Å². The fourth-order valence-corrected chi connectivity index (χ4v) is 2.90. The Morgan fingerprint density at radius 2 is 2.07 bits per heavy atom. The van der Waals surface area contributed by atoms with Crippen LogP contribution in [0.2, 0.25) is 0 Å². The van der Waals surface area contributed by atoms with E-state index < -0.39 is 11.9 Å². The third-order valence-electron chi connectivity index (χ3n) is 3.60. The number of thioether (sulfide) groups is 1. The molecule has 0 saturated carbocycles. The van der Waals surface area contributed by atoms with Gasteiger partial charge in [-0.2, -0.15) is 5.26 Å². The first-order valence-corrected chi connectivity index (χ1v) is 9.64. The standard InChI is InChI=1S/C19H20N4O5S/c1-27-6-7-28-5-2-8-29-17-12-21-16(11-22-17)18(24)23-15-4-3-13(10-20)9-14(15)19(25)26/h3-4,9,11-12H,2,5-8H2,1H3,(H,23,24)(H,25,26). The smallest absolute Gasteiger partial charge is 0.337 e. The molecule has 0 bridgehead atoms. The number of methoxy groups -OCH3 is 1. The minimum atomic E-state index is -1.25. The zero-order chi connectivity index (χ0) is 21.1. The van der Waals surface area contributed by atoms with Gasteiger partial charge in [-0.15, -0.1) is 11.8 Å². The highest BCUT2D eigenvalue weighted by Gasteiger charge is 2.15. The zero-order valence-electron chi connectivity index (χ0n) is 15.8. The van der Waals surface area contributed by atoms with Crippen molar-refractivity contribution < 1.29 is 24.2 Å². The van der Waals surface area contributed by atoms with Gasteiger partial charge in [0.05, 0.1) is 48.5 Å². The Morgan fingerprint density at radius 1 is 1.24 bits per heavy atom. The second-order valence-corrected chi connectivity index (χ2v) is 6.79. The molecule has 1 amide bonds. The van der Waals surface area contributed by atoms with Gasteiger partial charge in [0.2, 0.25) is 0 Å². The Balaban J connectivity index is 1.89. The number of carboxylic acids is 1. The van der Waals surface area contributed by atoms with Crippen LogP contribution in [-0.4, -0.2) is 59.6 Å². The van der Waals surface area contributed by atoms with E-state index in [0.717, 1.165) is 12.2 Å². The fourth-order valence-electron chi connectivity index (χ4n) is 2.18. The highest BCUT2D eigenvalue weighted by atomic mass is 32.2. The molecule has 2 aromatic rings. The Bertz CT molecular complexity index is 883. The second-order valence-electron chi connectivity index (χ2n) is 5.68. The number of rotatable bonds is 11. The first-order valence-electron chi connectivity index (χ1n) is 8.65. The number of aromatic carboxylic acids is 1. The Hall–Kier alpha value is -3.00. The Kier molecular flexibility index (Phi) is 9.04. The fraction of sp³-hybridized carbons (Fsp3) is 0.316. The van der Waals surface area contributed by atoms with Crippen LogP contribution in [0.5, 0.6) is 0 Å². The summed E-state index contributed by atoms with van der Waals surface area (Å²) in [4.78, 5) is 32.0. The normalized spacial score (nSPS) is 10.3. The molecule has 0 atom stereocenters. The lowest BCUT2D eigenvalue weighted by molar-refractivity contribution is 0.0698. The number of benzene rings is 1. The maximum atomic E-state index is 12.3. The number of nitrogens with one attached hydrogen (secondary N) is 1. The molecule has 1 heterocycles. The largest absolute Gasteiger partial charge is 0.478 e. The van der Waals surface area contributed by atoms with Gasteiger partial charge < -0.3 is 19.9 Å². The number of anilines is 1. The Morgan fingerprint density at radius 3 is 2.72 bits per heavy atom. The maximum Gasteiger partial charge on any atom is 0.337 e. The number of ether oxygens (including phenoxy) is 2. The number of aromatic nitrogens is 2. The Labute approximate surface area is 172 Å². The maximum absolute atomic E-state index is 12.3. The van der Waals surface area contributed by atoms with Crippen LogP contribution in [0.4, 0.5) is 5.69 Å². The molecule has 1 aromatic carbocycles. The van der Waals surface area contributed by atoms with Crippen LogP contribution in [0.15, 0.2) is 35.6 Å². The number of carbonyl (C=O) groups excluding carboxylic acids is 1. The van der Waals surface area contributed by atoms with E-state index in [1.165, 1.54) is 42.4 Å². The average molecular weight is 416 g/mol. The van der Waals surface area contributed by atoms with Crippen molar-refractivity contribution in [2.45, 2.75) is 11.4 Å². The van der Waals surface area contributed by atoms with E-state index in [-0.39, 0.29) is 22.5 Å². The molecule has 10 heteroatoms. The van der Waals surface area contributed by atoms with Crippen molar-refractivity contribution in [3.8, 4) is 6.07 Å². The van der Waals surface area contributed by atoms with E-state index in [0.29, 0.717) is 24.8 Å². The first kappa shape index (κ1) is 22.3. The summed E-state index contributed by atoms with van der Waals surface area (Å²) in [5.41, 5.74) is 0.143. The number of carboxylic acid groups (broad SMARTS) is 1. The van der Waals surface area contributed by atoms with E-state index in [1.54, 1.807) is 7.11 Å². The van der Waals surface area contributed by atoms with Crippen LogP contribution >= 0.6 is 11.8 Å². The molecule has 0 aliphatic carbocycles. The molecule has 9 nitrogen and oxygen atoms in total. The van der Waals surface area contributed by atoms with Gasteiger partial charge in [0.1, 0.15) is 10.7 Å². The van der Waals surface area contributed by atoms with Crippen molar-refractivity contribution in [3.05, 3.63) is 47.4 Å². The molecule has 0 fully saturated rings.